The molecule has 0 aliphatic heterocycles. The number of hydrogen-bond donors (Lipinski definition) is 1. The third kappa shape index (κ3) is 3.29. The molecule has 5 heteroatoms. The predicted octanol–water partition coefficient (Wildman–Crippen LogP) is 3.29. The van der Waals surface area contributed by atoms with Gasteiger partial charge in [0.1, 0.15) is 11.3 Å². The number of carbonyl (C=O) groups is 1. The van der Waals surface area contributed by atoms with Gasteiger partial charge in [0.2, 0.25) is 0 Å². The molecule has 2 atom stereocenters. The summed E-state index contributed by atoms with van der Waals surface area (Å²) < 4.78 is 10.5. The quantitative estimate of drug-likeness (QED) is 0.846. The van der Waals surface area contributed by atoms with Crippen LogP contribution < -0.4 is 5.32 Å². The average molecular weight is 309 g/mol. The van der Waals surface area contributed by atoms with Gasteiger partial charge in [0.25, 0.3) is 0 Å². The SMILES string of the molecule is COC(=O)C1(NC2CC2)CCCC(Sc2ccoc2C)C1. The lowest BCUT2D eigenvalue weighted by Crippen LogP contribution is -2.56. The highest BCUT2D eigenvalue weighted by molar-refractivity contribution is 8.00. The molecule has 2 aliphatic carbocycles. The van der Waals surface area contributed by atoms with Crippen molar-refractivity contribution >= 4 is 17.7 Å². The van der Waals surface area contributed by atoms with Crippen molar-refractivity contribution in [1.29, 1.82) is 0 Å². The largest absolute Gasteiger partial charge is 0.468 e. The summed E-state index contributed by atoms with van der Waals surface area (Å²) in [6.07, 6.45) is 8.01. The Kier molecular flexibility index (Phi) is 4.31. The van der Waals surface area contributed by atoms with Crippen LogP contribution in [0, 0.1) is 6.92 Å². The highest BCUT2D eigenvalue weighted by Gasteiger charge is 2.46. The summed E-state index contributed by atoms with van der Waals surface area (Å²) in [6.45, 7) is 1.99. The Labute approximate surface area is 130 Å². The first-order valence-electron chi connectivity index (χ1n) is 7.70. The molecule has 2 fully saturated rings. The molecule has 1 N–H and O–H groups in total. The van der Waals surface area contributed by atoms with E-state index < -0.39 is 5.54 Å². The van der Waals surface area contributed by atoms with E-state index in [1.807, 2.05) is 24.8 Å². The molecule has 0 bridgehead atoms. The van der Waals surface area contributed by atoms with Gasteiger partial charge in [0, 0.05) is 16.2 Å². The second-order valence-electron chi connectivity index (χ2n) is 6.17. The summed E-state index contributed by atoms with van der Waals surface area (Å²) in [5, 5.41) is 4.00. The Hall–Kier alpha value is -0.940. The van der Waals surface area contributed by atoms with Gasteiger partial charge < -0.3 is 9.15 Å². The molecule has 116 valence electrons. The molecule has 3 rings (SSSR count). The van der Waals surface area contributed by atoms with E-state index >= 15 is 0 Å². The number of esters is 1. The van der Waals surface area contributed by atoms with E-state index in [9.17, 15) is 4.79 Å². The van der Waals surface area contributed by atoms with E-state index in [0.29, 0.717) is 11.3 Å². The fourth-order valence-corrected chi connectivity index (χ4v) is 4.55. The zero-order chi connectivity index (χ0) is 14.9. The van der Waals surface area contributed by atoms with E-state index in [2.05, 4.69) is 5.32 Å². The minimum absolute atomic E-state index is 0.0939. The molecule has 0 amide bonds. The van der Waals surface area contributed by atoms with Gasteiger partial charge in [-0.3, -0.25) is 10.1 Å². The molecule has 0 spiro atoms. The lowest BCUT2D eigenvalue weighted by Gasteiger charge is -2.39. The summed E-state index contributed by atoms with van der Waals surface area (Å²) >= 11 is 1.83. The number of ether oxygens (including phenoxy) is 1. The molecule has 21 heavy (non-hydrogen) atoms. The molecular formula is C16H23NO3S. The van der Waals surface area contributed by atoms with Gasteiger partial charge >= 0.3 is 5.97 Å². The molecule has 0 radical (unpaired) electrons. The average Bonchev–Trinajstić information content (AvgIpc) is 3.20. The molecule has 2 aliphatic rings. The maximum Gasteiger partial charge on any atom is 0.326 e. The van der Waals surface area contributed by atoms with Gasteiger partial charge in [-0.1, -0.05) is 0 Å². The van der Waals surface area contributed by atoms with Crippen LogP contribution in [0.3, 0.4) is 0 Å². The molecule has 0 aromatic carbocycles. The van der Waals surface area contributed by atoms with Gasteiger partial charge in [0.15, 0.2) is 0 Å². The topological polar surface area (TPSA) is 51.5 Å². The summed E-state index contributed by atoms with van der Waals surface area (Å²) in [4.78, 5) is 13.5. The molecule has 2 saturated carbocycles. The van der Waals surface area contributed by atoms with Crippen LogP contribution in [0.2, 0.25) is 0 Å². The van der Waals surface area contributed by atoms with Gasteiger partial charge in [0.05, 0.1) is 13.4 Å². The van der Waals surface area contributed by atoms with Gasteiger partial charge in [-0.05, 0) is 51.5 Å². The van der Waals surface area contributed by atoms with E-state index in [1.165, 1.54) is 24.8 Å². The molecule has 4 nitrogen and oxygen atoms in total. The Morgan fingerprint density at radius 2 is 2.29 bits per heavy atom. The molecule has 1 aromatic rings. The Bertz CT molecular complexity index is 511. The number of hydrogen-bond acceptors (Lipinski definition) is 5. The van der Waals surface area contributed by atoms with E-state index in [-0.39, 0.29) is 5.97 Å². The van der Waals surface area contributed by atoms with Crippen LogP contribution in [0.4, 0.5) is 0 Å². The highest BCUT2D eigenvalue weighted by atomic mass is 32.2. The second kappa shape index (κ2) is 6.05. The van der Waals surface area contributed by atoms with Crippen LogP contribution in [0.1, 0.15) is 44.3 Å². The number of thioether (sulfide) groups is 1. The van der Waals surface area contributed by atoms with E-state index in [1.54, 1.807) is 6.26 Å². The van der Waals surface area contributed by atoms with Crippen molar-refractivity contribution in [2.24, 2.45) is 0 Å². The van der Waals surface area contributed by atoms with Crippen molar-refractivity contribution in [2.45, 2.75) is 67.2 Å². The number of aryl methyl sites for hydroxylation is 1. The summed E-state index contributed by atoms with van der Waals surface area (Å²) in [5.41, 5.74) is -0.483. The van der Waals surface area contributed by atoms with Crippen molar-refractivity contribution in [2.75, 3.05) is 7.11 Å². The van der Waals surface area contributed by atoms with Crippen LogP contribution in [-0.4, -0.2) is 29.9 Å². The van der Waals surface area contributed by atoms with Gasteiger partial charge in [-0.2, -0.15) is 0 Å². The molecule has 1 aromatic heterocycles. The van der Waals surface area contributed by atoms with Crippen molar-refractivity contribution in [3.05, 3.63) is 18.1 Å². The Morgan fingerprint density at radius 3 is 2.90 bits per heavy atom. The predicted molar refractivity (Wildman–Crippen MR) is 82.5 cm³/mol. The molecule has 0 saturated heterocycles. The van der Waals surface area contributed by atoms with E-state index in [4.69, 9.17) is 9.15 Å². The third-order valence-corrected chi connectivity index (χ3v) is 5.86. The van der Waals surface area contributed by atoms with Crippen molar-refractivity contribution < 1.29 is 13.9 Å². The lowest BCUT2D eigenvalue weighted by atomic mass is 9.81. The minimum atomic E-state index is -0.483. The fourth-order valence-electron chi connectivity index (χ4n) is 3.19. The first-order valence-corrected chi connectivity index (χ1v) is 8.58. The second-order valence-corrected chi connectivity index (χ2v) is 7.51. The zero-order valence-electron chi connectivity index (χ0n) is 12.7. The number of nitrogens with one attached hydrogen (secondary N) is 1. The zero-order valence-corrected chi connectivity index (χ0v) is 13.5. The van der Waals surface area contributed by atoms with Gasteiger partial charge in [-0.25, -0.2) is 0 Å². The van der Waals surface area contributed by atoms with Crippen LogP contribution in [0.15, 0.2) is 21.6 Å². The van der Waals surface area contributed by atoms with Crippen molar-refractivity contribution in [3.63, 3.8) is 0 Å². The normalized spacial score (nSPS) is 29.3. The smallest absolute Gasteiger partial charge is 0.326 e. The van der Waals surface area contributed by atoms with Crippen LogP contribution in [0.25, 0.3) is 0 Å². The summed E-state index contributed by atoms with van der Waals surface area (Å²) in [5.74, 6) is 0.869. The number of carbonyl (C=O) groups excluding carboxylic acids is 1. The number of furan rings is 1. The third-order valence-electron chi connectivity index (χ3n) is 4.44. The summed E-state index contributed by atoms with van der Waals surface area (Å²) in [6, 6.07) is 2.52. The Morgan fingerprint density at radius 1 is 1.48 bits per heavy atom. The van der Waals surface area contributed by atoms with Gasteiger partial charge in [-0.15, -0.1) is 11.8 Å². The monoisotopic (exact) mass is 309 g/mol. The standard InChI is InChI=1S/C16H23NO3S/c1-11-14(7-9-20-11)21-13-4-3-8-16(10-13,15(18)19-2)17-12-5-6-12/h7,9,12-13,17H,3-6,8,10H2,1-2H3. The molecular weight excluding hydrogens is 286 g/mol. The summed E-state index contributed by atoms with van der Waals surface area (Å²) in [7, 11) is 1.50. The minimum Gasteiger partial charge on any atom is -0.468 e. The van der Waals surface area contributed by atoms with Crippen molar-refractivity contribution in [3.8, 4) is 0 Å². The van der Waals surface area contributed by atoms with Crippen LogP contribution in [0.5, 0.6) is 0 Å². The molecule has 2 unspecified atom stereocenters. The maximum absolute atomic E-state index is 12.4. The maximum atomic E-state index is 12.4. The highest BCUT2D eigenvalue weighted by Crippen LogP contribution is 2.41. The number of rotatable bonds is 5. The number of methoxy groups -OCH3 is 1. The Balaban J connectivity index is 1.72. The first-order chi connectivity index (χ1) is 10.1. The van der Waals surface area contributed by atoms with Crippen LogP contribution in [-0.2, 0) is 9.53 Å². The fraction of sp³-hybridized carbons (Fsp3) is 0.688. The van der Waals surface area contributed by atoms with E-state index in [0.717, 1.165) is 31.4 Å². The van der Waals surface area contributed by atoms with Crippen molar-refractivity contribution in [1.82, 2.24) is 5.32 Å². The lowest BCUT2D eigenvalue weighted by molar-refractivity contribution is -0.150. The van der Waals surface area contributed by atoms with Crippen LogP contribution >= 0.6 is 11.8 Å². The first kappa shape index (κ1) is 15.0. The molecule has 1 heterocycles.